The molecule has 0 N–H and O–H groups in total. The Morgan fingerprint density at radius 2 is 1.46 bits per heavy atom. The second-order valence-electron chi connectivity index (χ2n) is 6.21. The Labute approximate surface area is 155 Å². The van der Waals surface area contributed by atoms with Gasteiger partial charge in [-0.3, -0.25) is 0 Å². The molecule has 0 saturated heterocycles. The van der Waals surface area contributed by atoms with E-state index < -0.39 is 0 Å². The Hall–Kier alpha value is -3.10. The number of furan rings is 1. The van der Waals surface area contributed by atoms with Crippen LogP contribution in [-0.2, 0) is 0 Å². The lowest BCUT2D eigenvalue weighted by Crippen LogP contribution is -1.87. The summed E-state index contributed by atoms with van der Waals surface area (Å²) in [7, 11) is 0. The number of pyridine rings is 1. The topological polar surface area (TPSA) is 26.0 Å². The zero-order valence-electron chi connectivity index (χ0n) is 13.8. The van der Waals surface area contributed by atoms with Crippen molar-refractivity contribution in [2.75, 3.05) is 0 Å². The van der Waals surface area contributed by atoms with Crippen LogP contribution < -0.4 is 0 Å². The first-order chi connectivity index (χ1) is 12.8. The summed E-state index contributed by atoms with van der Waals surface area (Å²) in [5.41, 5.74) is 5.65. The van der Waals surface area contributed by atoms with Crippen molar-refractivity contribution in [2.24, 2.45) is 0 Å². The van der Waals surface area contributed by atoms with Crippen LogP contribution in [-0.4, -0.2) is 4.98 Å². The maximum Gasteiger partial charge on any atom is 0.143 e. The first-order valence-corrected chi connectivity index (χ1v) is 8.81. The van der Waals surface area contributed by atoms with Crippen molar-refractivity contribution in [2.45, 2.75) is 0 Å². The molecular weight excluding hydrogens is 342 g/mol. The van der Waals surface area contributed by atoms with E-state index in [-0.39, 0.29) is 0 Å². The molecule has 0 aliphatic rings. The predicted molar refractivity (Wildman–Crippen MR) is 107 cm³/mol. The summed E-state index contributed by atoms with van der Waals surface area (Å²) >= 11 is 6.34. The number of benzene rings is 3. The molecule has 0 fully saturated rings. The van der Waals surface area contributed by atoms with Gasteiger partial charge in [-0.15, -0.1) is 0 Å². The highest BCUT2D eigenvalue weighted by Gasteiger charge is 2.13. The number of fused-ring (bicyclic) bond motifs is 3. The number of para-hydroxylation sites is 2. The van der Waals surface area contributed by atoms with Gasteiger partial charge in [0.15, 0.2) is 0 Å². The quantitative estimate of drug-likeness (QED) is 0.319. The van der Waals surface area contributed by atoms with Gasteiger partial charge in [0.1, 0.15) is 16.3 Å². The van der Waals surface area contributed by atoms with Gasteiger partial charge in [0, 0.05) is 21.9 Å². The molecule has 5 rings (SSSR count). The Morgan fingerprint density at radius 1 is 0.692 bits per heavy atom. The van der Waals surface area contributed by atoms with Crippen LogP contribution >= 0.6 is 11.6 Å². The summed E-state index contributed by atoms with van der Waals surface area (Å²) in [5, 5.41) is 2.69. The van der Waals surface area contributed by atoms with Gasteiger partial charge in [-0.25, -0.2) is 4.98 Å². The van der Waals surface area contributed by atoms with Crippen LogP contribution in [0.25, 0.3) is 44.3 Å². The van der Waals surface area contributed by atoms with E-state index in [1.807, 2.05) is 54.6 Å². The first kappa shape index (κ1) is 15.2. The summed E-state index contributed by atoms with van der Waals surface area (Å²) in [6, 6.07) is 28.3. The van der Waals surface area contributed by atoms with Crippen molar-refractivity contribution in [3.8, 4) is 22.4 Å². The molecule has 2 aromatic heterocycles. The van der Waals surface area contributed by atoms with E-state index in [0.29, 0.717) is 5.15 Å². The zero-order valence-corrected chi connectivity index (χ0v) is 14.6. The lowest BCUT2D eigenvalue weighted by atomic mass is 10.0. The fourth-order valence-electron chi connectivity index (χ4n) is 3.38. The van der Waals surface area contributed by atoms with E-state index in [2.05, 4.69) is 35.3 Å². The highest BCUT2D eigenvalue weighted by Crippen LogP contribution is 2.37. The maximum absolute atomic E-state index is 6.34. The molecule has 0 amide bonds. The van der Waals surface area contributed by atoms with Gasteiger partial charge in [0.05, 0.1) is 5.69 Å². The Kier molecular flexibility index (Phi) is 3.51. The minimum absolute atomic E-state index is 0.467. The van der Waals surface area contributed by atoms with Crippen LogP contribution in [0, 0.1) is 0 Å². The van der Waals surface area contributed by atoms with Crippen LogP contribution in [0.3, 0.4) is 0 Å². The largest absolute Gasteiger partial charge is 0.455 e. The van der Waals surface area contributed by atoms with Gasteiger partial charge >= 0.3 is 0 Å². The third kappa shape index (κ3) is 2.47. The highest BCUT2D eigenvalue weighted by atomic mass is 35.5. The fraction of sp³-hybridized carbons (Fsp3) is 0. The second-order valence-corrected chi connectivity index (χ2v) is 6.60. The third-order valence-corrected chi connectivity index (χ3v) is 4.77. The molecule has 0 aliphatic carbocycles. The van der Waals surface area contributed by atoms with Gasteiger partial charge in [-0.2, -0.15) is 0 Å². The molecule has 5 aromatic rings. The summed E-state index contributed by atoms with van der Waals surface area (Å²) in [5.74, 6) is 0. The van der Waals surface area contributed by atoms with Crippen molar-refractivity contribution in [1.29, 1.82) is 0 Å². The number of nitrogens with zero attached hydrogens (tertiary/aromatic N) is 1. The molecule has 124 valence electrons. The first-order valence-electron chi connectivity index (χ1n) is 8.43. The minimum atomic E-state index is 0.467. The smallest absolute Gasteiger partial charge is 0.143 e. The van der Waals surface area contributed by atoms with Crippen molar-refractivity contribution >= 4 is 33.5 Å². The second kappa shape index (κ2) is 6.01. The Bertz CT molecular complexity index is 1240. The number of hydrogen-bond donors (Lipinski definition) is 0. The molecule has 2 heterocycles. The van der Waals surface area contributed by atoms with E-state index in [1.54, 1.807) is 0 Å². The highest BCUT2D eigenvalue weighted by molar-refractivity contribution is 6.30. The fourth-order valence-corrected chi connectivity index (χ4v) is 3.59. The Balaban J connectivity index is 1.77. The number of rotatable bonds is 2. The monoisotopic (exact) mass is 355 g/mol. The molecule has 3 heteroatoms. The SMILES string of the molecule is Clc1cc(-c2cccc3c2oc2ccccc23)cc(-c2ccccc2)n1. The van der Waals surface area contributed by atoms with E-state index in [1.165, 1.54) is 0 Å². The normalized spacial score (nSPS) is 11.3. The number of aromatic nitrogens is 1. The van der Waals surface area contributed by atoms with E-state index in [9.17, 15) is 0 Å². The minimum Gasteiger partial charge on any atom is -0.455 e. The molecule has 0 aliphatic heterocycles. The predicted octanol–water partition coefficient (Wildman–Crippen LogP) is 6.97. The molecule has 0 radical (unpaired) electrons. The van der Waals surface area contributed by atoms with Gasteiger partial charge in [0.25, 0.3) is 0 Å². The molecule has 0 spiro atoms. The average Bonchev–Trinajstić information content (AvgIpc) is 3.07. The molecule has 2 nitrogen and oxygen atoms in total. The van der Waals surface area contributed by atoms with Crippen molar-refractivity contribution in [3.63, 3.8) is 0 Å². The van der Waals surface area contributed by atoms with Crippen LogP contribution in [0.2, 0.25) is 5.15 Å². The summed E-state index contributed by atoms with van der Waals surface area (Å²) in [6.07, 6.45) is 0. The van der Waals surface area contributed by atoms with Gasteiger partial charge < -0.3 is 4.42 Å². The van der Waals surface area contributed by atoms with E-state index >= 15 is 0 Å². The molecular formula is C23H14ClNO. The lowest BCUT2D eigenvalue weighted by Gasteiger charge is -2.07. The zero-order chi connectivity index (χ0) is 17.5. The number of hydrogen-bond acceptors (Lipinski definition) is 2. The standard InChI is InChI=1S/C23H14ClNO/c24-22-14-16(13-20(25-22)15-7-2-1-3-8-15)17-10-6-11-19-18-9-4-5-12-21(18)26-23(17)19/h1-14H. The van der Waals surface area contributed by atoms with Gasteiger partial charge in [0.2, 0.25) is 0 Å². The summed E-state index contributed by atoms with van der Waals surface area (Å²) < 4.78 is 6.16. The van der Waals surface area contributed by atoms with Crippen LogP contribution in [0.5, 0.6) is 0 Å². The summed E-state index contributed by atoms with van der Waals surface area (Å²) in [4.78, 5) is 4.49. The molecule has 0 bridgehead atoms. The maximum atomic E-state index is 6.34. The van der Waals surface area contributed by atoms with Crippen molar-refractivity contribution in [1.82, 2.24) is 4.98 Å². The molecule has 3 aromatic carbocycles. The van der Waals surface area contributed by atoms with Crippen LogP contribution in [0.15, 0.2) is 89.3 Å². The lowest BCUT2D eigenvalue weighted by molar-refractivity contribution is 0.670. The average molecular weight is 356 g/mol. The third-order valence-electron chi connectivity index (χ3n) is 4.58. The van der Waals surface area contributed by atoms with E-state index in [4.69, 9.17) is 16.0 Å². The van der Waals surface area contributed by atoms with Gasteiger partial charge in [-0.1, -0.05) is 78.3 Å². The molecule has 26 heavy (non-hydrogen) atoms. The van der Waals surface area contributed by atoms with Gasteiger partial charge in [-0.05, 0) is 23.8 Å². The van der Waals surface area contributed by atoms with E-state index in [0.717, 1.165) is 44.3 Å². The molecule has 0 saturated carbocycles. The van der Waals surface area contributed by atoms with Crippen LogP contribution in [0.4, 0.5) is 0 Å². The molecule has 0 unspecified atom stereocenters. The Morgan fingerprint density at radius 3 is 2.35 bits per heavy atom. The molecule has 0 atom stereocenters. The van der Waals surface area contributed by atoms with Crippen molar-refractivity contribution < 1.29 is 4.42 Å². The number of halogens is 1. The van der Waals surface area contributed by atoms with Crippen LogP contribution in [0.1, 0.15) is 0 Å². The summed E-state index contributed by atoms with van der Waals surface area (Å²) in [6.45, 7) is 0. The van der Waals surface area contributed by atoms with Crippen molar-refractivity contribution in [3.05, 3.63) is 90.1 Å².